The van der Waals surface area contributed by atoms with Crippen molar-refractivity contribution in [1.82, 2.24) is 5.32 Å². The maximum atomic E-state index is 11.4. The third-order valence-electron chi connectivity index (χ3n) is 2.02. The molecule has 84 valence electrons. The van der Waals surface area contributed by atoms with Gasteiger partial charge in [-0.3, -0.25) is 4.79 Å². The highest BCUT2D eigenvalue weighted by molar-refractivity contribution is 5.81. The highest BCUT2D eigenvalue weighted by Gasteiger charge is 2.20. The van der Waals surface area contributed by atoms with Crippen molar-refractivity contribution < 1.29 is 14.3 Å². The van der Waals surface area contributed by atoms with E-state index in [-0.39, 0.29) is 11.9 Å². The summed E-state index contributed by atoms with van der Waals surface area (Å²) >= 11 is 0. The van der Waals surface area contributed by atoms with Gasteiger partial charge in [0.1, 0.15) is 0 Å². The first-order valence-corrected chi connectivity index (χ1v) is 4.68. The van der Waals surface area contributed by atoms with Crippen molar-refractivity contribution in [3.8, 4) is 0 Å². The molecule has 0 aromatic heterocycles. The molecule has 0 spiro atoms. The van der Waals surface area contributed by atoms with Crippen LogP contribution >= 0.6 is 0 Å². The molecule has 0 saturated carbocycles. The maximum absolute atomic E-state index is 11.4. The smallest absolute Gasteiger partial charge is 0.237 e. The van der Waals surface area contributed by atoms with Crippen LogP contribution in [-0.4, -0.2) is 38.5 Å². The summed E-state index contributed by atoms with van der Waals surface area (Å²) in [6.45, 7) is 3.66. The van der Waals surface area contributed by atoms with Crippen molar-refractivity contribution in [2.75, 3.05) is 14.2 Å². The van der Waals surface area contributed by atoms with Gasteiger partial charge in [-0.25, -0.2) is 0 Å². The quantitative estimate of drug-likeness (QED) is 0.590. The minimum atomic E-state index is -0.466. The standard InChI is InChI=1S/C9H20N2O3/c1-5-7(10)8(12)11-6(2)9(13-3)14-4/h6-7,9H,5,10H2,1-4H3,(H,11,12)/t6?,7-/m0/s1. The van der Waals surface area contributed by atoms with Crippen LogP contribution in [0.3, 0.4) is 0 Å². The number of methoxy groups -OCH3 is 2. The third kappa shape index (κ3) is 4.04. The molecule has 0 aliphatic rings. The van der Waals surface area contributed by atoms with Gasteiger partial charge in [-0.1, -0.05) is 6.92 Å². The van der Waals surface area contributed by atoms with Crippen LogP contribution in [0.4, 0.5) is 0 Å². The summed E-state index contributed by atoms with van der Waals surface area (Å²) in [5.74, 6) is -0.181. The van der Waals surface area contributed by atoms with Crippen LogP contribution < -0.4 is 11.1 Å². The van der Waals surface area contributed by atoms with Crippen molar-refractivity contribution in [1.29, 1.82) is 0 Å². The molecular formula is C9H20N2O3. The molecular weight excluding hydrogens is 184 g/mol. The Kier molecular flexibility index (Phi) is 6.44. The molecule has 1 unspecified atom stereocenters. The summed E-state index contributed by atoms with van der Waals surface area (Å²) in [4.78, 5) is 11.4. The second-order valence-corrected chi connectivity index (χ2v) is 3.15. The molecule has 0 rings (SSSR count). The van der Waals surface area contributed by atoms with Gasteiger partial charge < -0.3 is 20.5 Å². The summed E-state index contributed by atoms with van der Waals surface area (Å²) in [6.07, 6.45) is 0.173. The average molecular weight is 204 g/mol. The van der Waals surface area contributed by atoms with Crippen molar-refractivity contribution in [3.63, 3.8) is 0 Å². The predicted octanol–water partition coefficient (Wildman–Crippen LogP) is -0.153. The fourth-order valence-electron chi connectivity index (χ4n) is 1.09. The lowest BCUT2D eigenvalue weighted by atomic mass is 10.2. The molecule has 0 heterocycles. The van der Waals surface area contributed by atoms with E-state index in [1.165, 1.54) is 14.2 Å². The Labute approximate surface area is 84.9 Å². The molecule has 0 aromatic carbocycles. The summed E-state index contributed by atoms with van der Waals surface area (Å²) in [5.41, 5.74) is 5.55. The maximum Gasteiger partial charge on any atom is 0.237 e. The zero-order chi connectivity index (χ0) is 11.1. The Balaban J connectivity index is 4.03. The molecule has 0 saturated heterocycles. The number of rotatable bonds is 6. The molecule has 0 bridgehead atoms. The first kappa shape index (κ1) is 13.4. The second-order valence-electron chi connectivity index (χ2n) is 3.15. The van der Waals surface area contributed by atoms with Gasteiger partial charge in [0.25, 0.3) is 0 Å². The number of hydrogen-bond acceptors (Lipinski definition) is 4. The molecule has 14 heavy (non-hydrogen) atoms. The van der Waals surface area contributed by atoms with Gasteiger partial charge in [0.15, 0.2) is 6.29 Å². The van der Waals surface area contributed by atoms with Crippen LogP contribution in [0.5, 0.6) is 0 Å². The molecule has 2 atom stereocenters. The predicted molar refractivity (Wildman–Crippen MR) is 53.7 cm³/mol. The summed E-state index contributed by atoms with van der Waals surface area (Å²) in [5, 5.41) is 2.72. The Hall–Kier alpha value is -0.650. The van der Waals surface area contributed by atoms with Gasteiger partial charge in [-0.05, 0) is 13.3 Å². The molecule has 1 amide bonds. The zero-order valence-corrected chi connectivity index (χ0v) is 9.24. The van der Waals surface area contributed by atoms with Gasteiger partial charge in [0, 0.05) is 14.2 Å². The minimum absolute atomic E-state index is 0.181. The van der Waals surface area contributed by atoms with Crippen LogP contribution in [0.1, 0.15) is 20.3 Å². The van der Waals surface area contributed by atoms with Gasteiger partial charge in [0.05, 0.1) is 12.1 Å². The molecule has 5 nitrogen and oxygen atoms in total. The number of amides is 1. The summed E-state index contributed by atoms with van der Waals surface area (Å²) in [7, 11) is 3.05. The third-order valence-corrected chi connectivity index (χ3v) is 2.02. The fourth-order valence-corrected chi connectivity index (χ4v) is 1.09. The first-order chi connectivity index (χ1) is 6.56. The van der Waals surface area contributed by atoms with E-state index in [2.05, 4.69) is 5.32 Å². The number of carbonyl (C=O) groups is 1. The largest absolute Gasteiger partial charge is 0.354 e. The number of ether oxygens (including phenoxy) is 2. The zero-order valence-electron chi connectivity index (χ0n) is 9.24. The molecule has 5 heteroatoms. The van der Waals surface area contributed by atoms with E-state index in [1.54, 1.807) is 6.92 Å². The van der Waals surface area contributed by atoms with Crippen LogP contribution in [0, 0.1) is 0 Å². The molecule has 0 aliphatic carbocycles. The molecule has 0 radical (unpaired) electrons. The molecule has 0 aliphatic heterocycles. The lowest BCUT2D eigenvalue weighted by molar-refractivity contribution is -0.136. The highest BCUT2D eigenvalue weighted by Crippen LogP contribution is 1.99. The Morgan fingerprint density at radius 1 is 1.43 bits per heavy atom. The van der Waals surface area contributed by atoms with Crippen molar-refractivity contribution in [2.24, 2.45) is 5.73 Å². The minimum Gasteiger partial charge on any atom is -0.354 e. The lowest BCUT2D eigenvalue weighted by Crippen LogP contribution is -2.49. The average Bonchev–Trinajstić information content (AvgIpc) is 2.18. The van der Waals surface area contributed by atoms with Gasteiger partial charge in [0.2, 0.25) is 5.91 Å². The number of nitrogens with two attached hydrogens (primary N) is 1. The van der Waals surface area contributed by atoms with E-state index in [9.17, 15) is 4.79 Å². The van der Waals surface area contributed by atoms with Crippen LogP contribution in [0.2, 0.25) is 0 Å². The van der Waals surface area contributed by atoms with Crippen LogP contribution in [0.25, 0.3) is 0 Å². The van der Waals surface area contributed by atoms with Gasteiger partial charge in [-0.2, -0.15) is 0 Å². The number of nitrogens with one attached hydrogen (secondary N) is 1. The van der Waals surface area contributed by atoms with Crippen LogP contribution in [-0.2, 0) is 14.3 Å². The van der Waals surface area contributed by atoms with E-state index in [1.807, 2.05) is 6.92 Å². The number of hydrogen-bond donors (Lipinski definition) is 2. The topological polar surface area (TPSA) is 73.6 Å². The second kappa shape index (κ2) is 6.75. The highest BCUT2D eigenvalue weighted by atomic mass is 16.7. The fraction of sp³-hybridized carbons (Fsp3) is 0.889. The van der Waals surface area contributed by atoms with E-state index < -0.39 is 12.3 Å². The summed E-state index contributed by atoms with van der Waals surface area (Å²) < 4.78 is 10.00. The first-order valence-electron chi connectivity index (χ1n) is 4.68. The van der Waals surface area contributed by atoms with Crippen LogP contribution in [0.15, 0.2) is 0 Å². The molecule has 0 aromatic rings. The van der Waals surface area contributed by atoms with E-state index in [4.69, 9.17) is 15.2 Å². The van der Waals surface area contributed by atoms with Crippen molar-refractivity contribution in [2.45, 2.75) is 38.6 Å². The normalized spacial score (nSPS) is 15.3. The van der Waals surface area contributed by atoms with E-state index in [0.717, 1.165) is 0 Å². The van der Waals surface area contributed by atoms with Gasteiger partial charge >= 0.3 is 0 Å². The molecule has 0 fully saturated rings. The summed E-state index contributed by atoms with van der Waals surface area (Å²) in [6, 6.07) is -0.679. The van der Waals surface area contributed by atoms with Gasteiger partial charge in [-0.15, -0.1) is 0 Å². The van der Waals surface area contributed by atoms with E-state index >= 15 is 0 Å². The van der Waals surface area contributed by atoms with E-state index in [0.29, 0.717) is 6.42 Å². The van der Waals surface area contributed by atoms with Crippen molar-refractivity contribution >= 4 is 5.91 Å². The Bertz CT molecular complexity index is 171. The van der Waals surface area contributed by atoms with Crippen molar-refractivity contribution in [3.05, 3.63) is 0 Å². The Morgan fingerprint density at radius 3 is 2.29 bits per heavy atom. The SMILES string of the molecule is CC[C@H](N)C(=O)NC(C)C(OC)OC. The molecule has 3 N–H and O–H groups in total. The number of carbonyl (C=O) groups excluding carboxylic acids is 1. The Morgan fingerprint density at radius 2 is 1.93 bits per heavy atom. The lowest BCUT2D eigenvalue weighted by Gasteiger charge is -2.23. The monoisotopic (exact) mass is 204 g/mol.